The molecule has 0 radical (unpaired) electrons. The van der Waals surface area contributed by atoms with Crippen LogP contribution in [0.4, 0.5) is 10.5 Å². The first kappa shape index (κ1) is 18.3. The quantitative estimate of drug-likeness (QED) is 0.684. The molecular formula is C20H19ClN4O3. The maximum absolute atomic E-state index is 12.7. The van der Waals surface area contributed by atoms with Crippen molar-refractivity contribution >= 4 is 23.3 Å². The topological polar surface area (TPSA) is 80.5 Å². The van der Waals surface area contributed by atoms with E-state index < -0.39 is 0 Å². The zero-order valence-electron chi connectivity index (χ0n) is 15.3. The summed E-state index contributed by atoms with van der Waals surface area (Å²) in [6, 6.07) is 14.0. The van der Waals surface area contributed by atoms with Gasteiger partial charge in [0.15, 0.2) is 0 Å². The summed E-state index contributed by atoms with van der Waals surface area (Å²) in [7, 11) is 1.62. The summed E-state index contributed by atoms with van der Waals surface area (Å²) in [6.45, 7) is 0.629. The van der Waals surface area contributed by atoms with Gasteiger partial charge in [-0.2, -0.15) is 4.98 Å². The van der Waals surface area contributed by atoms with Crippen LogP contribution in [0.3, 0.4) is 0 Å². The fourth-order valence-electron chi connectivity index (χ4n) is 3.22. The normalized spacial score (nSPS) is 16.2. The molecule has 1 atom stereocenters. The highest BCUT2D eigenvalue weighted by molar-refractivity contribution is 6.30. The molecule has 3 aromatic rings. The van der Waals surface area contributed by atoms with Crippen molar-refractivity contribution in [2.24, 2.45) is 0 Å². The molecule has 2 aromatic carbocycles. The van der Waals surface area contributed by atoms with Crippen LogP contribution in [0.15, 0.2) is 53.1 Å². The molecule has 28 heavy (non-hydrogen) atoms. The van der Waals surface area contributed by atoms with Gasteiger partial charge in [-0.05, 0) is 61.4 Å². The van der Waals surface area contributed by atoms with E-state index >= 15 is 0 Å². The minimum atomic E-state index is -0.244. The third-order valence-corrected chi connectivity index (χ3v) is 4.94. The van der Waals surface area contributed by atoms with Crippen LogP contribution in [-0.2, 0) is 0 Å². The highest BCUT2D eigenvalue weighted by atomic mass is 35.5. The van der Waals surface area contributed by atoms with E-state index in [1.54, 1.807) is 36.3 Å². The second-order valence-electron chi connectivity index (χ2n) is 6.47. The van der Waals surface area contributed by atoms with Gasteiger partial charge in [0.05, 0.1) is 7.11 Å². The molecule has 1 fully saturated rings. The van der Waals surface area contributed by atoms with Crippen LogP contribution in [-0.4, -0.2) is 34.7 Å². The van der Waals surface area contributed by atoms with Crippen molar-refractivity contribution in [1.29, 1.82) is 0 Å². The largest absolute Gasteiger partial charge is 0.497 e. The summed E-state index contributed by atoms with van der Waals surface area (Å²) >= 11 is 5.89. The van der Waals surface area contributed by atoms with E-state index in [1.807, 2.05) is 24.3 Å². The van der Waals surface area contributed by atoms with Crippen molar-refractivity contribution in [3.63, 3.8) is 0 Å². The minimum absolute atomic E-state index is 0.200. The molecule has 2 amide bonds. The number of ether oxygens (including phenoxy) is 1. The summed E-state index contributed by atoms with van der Waals surface area (Å²) in [5.41, 5.74) is 1.51. The Morgan fingerprint density at radius 1 is 1.21 bits per heavy atom. The van der Waals surface area contributed by atoms with Crippen LogP contribution < -0.4 is 10.1 Å². The fraction of sp³-hybridized carbons (Fsp3) is 0.250. The van der Waals surface area contributed by atoms with Gasteiger partial charge < -0.3 is 19.5 Å². The molecule has 2 heterocycles. The van der Waals surface area contributed by atoms with Gasteiger partial charge in [0, 0.05) is 22.8 Å². The number of aromatic nitrogens is 2. The van der Waals surface area contributed by atoms with Crippen molar-refractivity contribution in [2.75, 3.05) is 19.0 Å². The first-order valence-electron chi connectivity index (χ1n) is 8.95. The van der Waals surface area contributed by atoms with Crippen molar-refractivity contribution in [1.82, 2.24) is 15.0 Å². The summed E-state index contributed by atoms with van der Waals surface area (Å²) in [5.74, 6) is 1.69. The van der Waals surface area contributed by atoms with E-state index in [2.05, 4.69) is 15.5 Å². The number of hydrogen-bond acceptors (Lipinski definition) is 5. The summed E-state index contributed by atoms with van der Waals surface area (Å²) < 4.78 is 10.6. The number of likely N-dealkylation sites (tertiary alicyclic amines) is 1. The molecule has 1 aliphatic heterocycles. The Bertz CT molecular complexity index is 956. The number of anilines is 1. The minimum Gasteiger partial charge on any atom is -0.497 e. The molecule has 1 saturated heterocycles. The van der Waals surface area contributed by atoms with Gasteiger partial charge in [0.2, 0.25) is 11.7 Å². The number of nitrogens with zero attached hydrogens (tertiary/aromatic N) is 3. The van der Waals surface area contributed by atoms with E-state index in [0.717, 1.165) is 24.2 Å². The molecule has 0 spiro atoms. The molecule has 4 rings (SSSR count). The lowest BCUT2D eigenvalue weighted by molar-refractivity contribution is 0.193. The van der Waals surface area contributed by atoms with Crippen LogP contribution in [0.25, 0.3) is 11.4 Å². The number of carbonyl (C=O) groups is 1. The molecule has 0 bridgehead atoms. The summed E-state index contributed by atoms with van der Waals surface area (Å²) in [5, 5.41) is 7.58. The highest BCUT2D eigenvalue weighted by Crippen LogP contribution is 2.32. The van der Waals surface area contributed by atoms with Crippen LogP contribution in [0, 0.1) is 0 Å². The van der Waals surface area contributed by atoms with E-state index in [0.29, 0.717) is 29.0 Å². The Kier molecular flexibility index (Phi) is 5.16. The zero-order chi connectivity index (χ0) is 19.5. The molecule has 1 aromatic heterocycles. The lowest BCUT2D eigenvalue weighted by Gasteiger charge is -2.22. The zero-order valence-corrected chi connectivity index (χ0v) is 16.0. The van der Waals surface area contributed by atoms with Gasteiger partial charge in [0.25, 0.3) is 0 Å². The number of halogens is 1. The Morgan fingerprint density at radius 2 is 1.96 bits per heavy atom. The molecular weight excluding hydrogens is 380 g/mol. The van der Waals surface area contributed by atoms with Crippen LogP contribution >= 0.6 is 11.6 Å². The Hall–Kier alpha value is -3.06. The Labute approximate surface area is 167 Å². The molecule has 0 saturated carbocycles. The fourth-order valence-corrected chi connectivity index (χ4v) is 3.35. The van der Waals surface area contributed by atoms with Crippen LogP contribution in [0.2, 0.25) is 5.02 Å². The summed E-state index contributed by atoms with van der Waals surface area (Å²) in [4.78, 5) is 18.9. The van der Waals surface area contributed by atoms with Crippen molar-refractivity contribution in [2.45, 2.75) is 18.9 Å². The van der Waals surface area contributed by atoms with Crippen LogP contribution in [0.5, 0.6) is 5.75 Å². The third-order valence-electron chi connectivity index (χ3n) is 4.68. The average molecular weight is 399 g/mol. The number of methoxy groups -OCH3 is 1. The number of urea groups is 1. The second-order valence-corrected chi connectivity index (χ2v) is 6.91. The highest BCUT2D eigenvalue weighted by Gasteiger charge is 2.34. The summed E-state index contributed by atoms with van der Waals surface area (Å²) in [6.07, 6.45) is 1.65. The molecule has 144 valence electrons. The first-order valence-corrected chi connectivity index (χ1v) is 9.33. The number of amides is 2. The predicted molar refractivity (Wildman–Crippen MR) is 105 cm³/mol. The van der Waals surface area contributed by atoms with Gasteiger partial charge >= 0.3 is 6.03 Å². The molecule has 0 unspecified atom stereocenters. The lowest BCUT2D eigenvalue weighted by atomic mass is 10.2. The molecule has 0 aliphatic carbocycles. The van der Waals surface area contributed by atoms with Gasteiger partial charge in [-0.15, -0.1) is 0 Å². The number of hydrogen-bond donors (Lipinski definition) is 1. The van der Waals surface area contributed by atoms with Gasteiger partial charge in [-0.3, -0.25) is 0 Å². The van der Waals surface area contributed by atoms with Crippen molar-refractivity contribution < 1.29 is 14.1 Å². The molecule has 1 aliphatic rings. The average Bonchev–Trinajstić information content (AvgIpc) is 3.39. The molecule has 8 heteroatoms. The smallest absolute Gasteiger partial charge is 0.322 e. The van der Waals surface area contributed by atoms with E-state index in [-0.39, 0.29) is 12.1 Å². The third kappa shape index (κ3) is 3.80. The lowest BCUT2D eigenvalue weighted by Crippen LogP contribution is -2.34. The number of nitrogens with one attached hydrogen (secondary N) is 1. The monoisotopic (exact) mass is 398 g/mol. The van der Waals surface area contributed by atoms with E-state index in [9.17, 15) is 4.79 Å². The number of rotatable bonds is 4. The second kappa shape index (κ2) is 7.90. The maximum Gasteiger partial charge on any atom is 0.322 e. The number of benzene rings is 2. The maximum atomic E-state index is 12.7. The van der Waals surface area contributed by atoms with Crippen molar-refractivity contribution in [3.05, 3.63) is 59.4 Å². The molecule has 1 N–H and O–H groups in total. The predicted octanol–water partition coefficient (Wildman–Crippen LogP) is 4.77. The Morgan fingerprint density at radius 3 is 2.68 bits per heavy atom. The van der Waals surface area contributed by atoms with E-state index in [1.165, 1.54) is 0 Å². The first-order chi connectivity index (χ1) is 13.6. The molecule has 7 nitrogen and oxygen atoms in total. The van der Waals surface area contributed by atoms with Crippen LogP contribution in [0.1, 0.15) is 24.8 Å². The van der Waals surface area contributed by atoms with Gasteiger partial charge in [-0.1, -0.05) is 16.8 Å². The van der Waals surface area contributed by atoms with Gasteiger partial charge in [-0.25, -0.2) is 4.79 Å². The Balaban J connectivity index is 1.49. The standard InChI is InChI=1S/C20H19ClN4O3/c1-27-16-10-4-13(5-11-16)18-23-19(28-24-18)17-3-2-12-25(17)20(26)22-15-8-6-14(21)7-9-15/h4-11,17H,2-3,12H2,1H3,(H,22,26)/t17-/m0/s1. The number of carbonyl (C=O) groups excluding carboxylic acids is 1. The SMILES string of the molecule is COc1ccc(-c2noc([C@@H]3CCCN3C(=O)Nc3ccc(Cl)cc3)n2)cc1. The van der Waals surface area contributed by atoms with E-state index in [4.69, 9.17) is 20.9 Å². The van der Waals surface area contributed by atoms with Gasteiger partial charge in [0.1, 0.15) is 11.8 Å². The van der Waals surface area contributed by atoms with Crippen molar-refractivity contribution in [3.8, 4) is 17.1 Å².